The van der Waals surface area contributed by atoms with E-state index in [1.807, 2.05) is 18.8 Å². The summed E-state index contributed by atoms with van der Waals surface area (Å²) in [7, 11) is 4.23. The van der Waals surface area contributed by atoms with Crippen LogP contribution in [0.1, 0.15) is 19.3 Å². The molecule has 0 heterocycles. The highest BCUT2D eigenvalue weighted by molar-refractivity contribution is 7.98. The summed E-state index contributed by atoms with van der Waals surface area (Å²) >= 11 is 1.95. The molecule has 2 nitrogen and oxygen atoms in total. The Bertz CT molecular complexity index is 98.9. The van der Waals surface area contributed by atoms with E-state index in [2.05, 4.69) is 23.5 Å². The molecule has 0 atom stereocenters. The zero-order chi connectivity index (χ0) is 9.94. The van der Waals surface area contributed by atoms with E-state index in [-0.39, 0.29) is 0 Å². The molecule has 0 saturated heterocycles. The molecule has 0 aliphatic heterocycles. The molecule has 0 spiro atoms. The lowest BCUT2D eigenvalue weighted by atomic mass is 10.3. The summed E-state index contributed by atoms with van der Waals surface area (Å²) in [5.41, 5.74) is 0. The van der Waals surface area contributed by atoms with E-state index in [0.29, 0.717) is 0 Å². The van der Waals surface area contributed by atoms with Crippen LogP contribution in [0.2, 0.25) is 0 Å². The van der Waals surface area contributed by atoms with Gasteiger partial charge in [-0.1, -0.05) is 0 Å². The number of hydrogen-bond donors (Lipinski definition) is 1. The van der Waals surface area contributed by atoms with Gasteiger partial charge in [0.15, 0.2) is 0 Å². The van der Waals surface area contributed by atoms with E-state index < -0.39 is 0 Å². The first-order valence-corrected chi connectivity index (χ1v) is 6.52. The molecule has 0 amide bonds. The predicted octanol–water partition coefficient (Wildman–Crippen LogP) is 1.67. The maximum atomic E-state index is 3.17. The third-order valence-electron chi connectivity index (χ3n) is 2.10. The van der Waals surface area contributed by atoms with Gasteiger partial charge < -0.3 is 10.2 Å². The Morgan fingerprint density at radius 1 is 1.15 bits per heavy atom. The summed E-state index contributed by atoms with van der Waals surface area (Å²) in [6, 6.07) is 0. The molecule has 0 aromatic carbocycles. The zero-order valence-corrected chi connectivity index (χ0v) is 10.1. The maximum absolute atomic E-state index is 3.17. The Hall–Kier alpha value is 0.270. The van der Waals surface area contributed by atoms with Gasteiger partial charge in [0.1, 0.15) is 0 Å². The Kier molecular flexibility index (Phi) is 10.6. The Morgan fingerprint density at radius 2 is 1.85 bits per heavy atom. The number of hydrogen-bond acceptors (Lipinski definition) is 3. The van der Waals surface area contributed by atoms with Crippen LogP contribution in [0.25, 0.3) is 0 Å². The van der Waals surface area contributed by atoms with Gasteiger partial charge >= 0.3 is 0 Å². The molecule has 0 aliphatic carbocycles. The largest absolute Gasteiger partial charge is 0.320 e. The number of unbranched alkanes of at least 4 members (excludes halogenated alkanes) is 1. The third kappa shape index (κ3) is 10.2. The molecule has 80 valence electrons. The van der Waals surface area contributed by atoms with Crippen LogP contribution >= 0.6 is 11.8 Å². The molecule has 0 aromatic heterocycles. The second-order valence-electron chi connectivity index (χ2n) is 3.46. The van der Waals surface area contributed by atoms with Crippen LogP contribution in [0, 0.1) is 0 Å². The highest BCUT2D eigenvalue weighted by Gasteiger charge is 1.96. The molecule has 0 rings (SSSR count). The van der Waals surface area contributed by atoms with Crippen molar-refractivity contribution in [3.63, 3.8) is 0 Å². The van der Waals surface area contributed by atoms with Crippen molar-refractivity contribution in [2.45, 2.75) is 19.3 Å². The van der Waals surface area contributed by atoms with E-state index in [9.17, 15) is 0 Å². The van der Waals surface area contributed by atoms with Crippen molar-refractivity contribution in [2.24, 2.45) is 0 Å². The van der Waals surface area contributed by atoms with Crippen molar-refractivity contribution in [2.75, 3.05) is 45.7 Å². The standard InChI is InChI=1S/C10H24N2S/c1-11-7-6-9-12(2)8-4-5-10-13-3/h11H,4-10H2,1-3H3. The molecule has 0 aromatic rings. The van der Waals surface area contributed by atoms with Gasteiger partial charge in [0.2, 0.25) is 0 Å². The molecule has 13 heavy (non-hydrogen) atoms. The van der Waals surface area contributed by atoms with E-state index in [1.165, 1.54) is 38.1 Å². The SMILES string of the molecule is CNCCCN(C)CCCCSC. The second-order valence-corrected chi connectivity index (χ2v) is 4.45. The molecule has 0 radical (unpaired) electrons. The Morgan fingerprint density at radius 3 is 2.46 bits per heavy atom. The third-order valence-corrected chi connectivity index (χ3v) is 2.80. The average Bonchev–Trinajstić information content (AvgIpc) is 2.13. The van der Waals surface area contributed by atoms with Crippen LogP contribution in [0.4, 0.5) is 0 Å². The Balaban J connectivity index is 3.05. The molecule has 0 unspecified atom stereocenters. The van der Waals surface area contributed by atoms with Crippen molar-refractivity contribution in [1.82, 2.24) is 10.2 Å². The summed E-state index contributed by atoms with van der Waals surface area (Å²) in [6.45, 7) is 3.61. The minimum atomic E-state index is 1.13. The highest BCUT2D eigenvalue weighted by Crippen LogP contribution is 2.00. The van der Waals surface area contributed by atoms with Crippen LogP contribution < -0.4 is 5.32 Å². The molecule has 0 aliphatic rings. The lowest BCUT2D eigenvalue weighted by Crippen LogP contribution is -2.23. The van der Waals surface area contributed by atoms with Crippen molar-refractivity contribution < 1.29 is 0 Å². The molecule has 0 saturated carbocycles. The number of nitrogens with zero attached hydrogens (tertiary/aromatic N) is 1. The predicted molar refractivity (Wildman–Crippen MR) is 63.7 cm³/mol. The summed E-state index contributed by atoms with van der Waals surface area (Å²) in [5.74, 6) is 1.31. The molecule has 3 heteroatoms. The van der Waals surface area contributed by atoms with Crippen molar-refractivity contribution in [3.05, 3.63) is 0 Å². The van der Waals surface area contributed by atoms with Crippen LogP contribution in [0.3, 0.4) is 0 Å². The maximum Gasteiger partial charge on any atom is -0.000969 e. The quantitative estimate of drug-likeness (QED) is 0.575. The van der Waals surface area contributed by atoms with Crippen molar-refractivity contribution in [1.29, 1.82) is 0 Å². The first-order chi connectivity index (χ1) is 6.31. The van der Waals surface area contributed by atoms with Crippen LogP contribution in [-0.2, 0) is 0 Å². The summed E-state index contributed by atoms with van der Waals surface area (Å²) < 4.78 is 0. The van der Waals surface area contributed by atoms with Gasteiger partial charge in [-0.25, -0.2) is 0 Å². The van der Waals surface area contributed by atoms with E-state index in [0.717, 1.165) is 6.54 Å². The summed E-state index contributed by atoms with van der Waals surface area (Å²) in [4.78, 5) is 2.43. The van der Waals surface area contributed by atoms with Gasteiger partial charge in [0.05, 0.1) is 0 Å². The van der Waals surface area contributed by atoms with Gasteiger partial charge in [0.25, 0.3) is 0 Å². The fourth-order valence-corrected chi connectivity index (χ4v) is 1.76. The zero-order valence-electron chi connectivity index (χ0n) is 9.31. The fraction of sp³-hybridized carbons (Fsp3) is 1.00. The molecule has 1 N–H and O–H groups in total. The normalized spacial score (nSPS) is 11.1. The van der Waals surface area contributed by atoms with Gasteiger partial charge in [-0.3, -0.25) is 0 Å². The van der Waals surface area contributed by atoms with Crippen molar-refractivity contribution >= 4 is 11.8 Å². The molecule has 0 fully saturated rings. The number of rotatable bonds is 9. The summed E-state index contributed by atoms with van der Waals surface area (Å²) in [6.07, 6.45) is 6.14. The first-order valence-electron chi connectivity index (χ1n) is 5.13. The minimum absolute atomic E-state index is 1.13. The van der Waals surface area contributed by atoms with E-state index in [4.69, 9.17) is 0 Å². The average molecular weight is 204 g/mol. The van der Waals surface area contributed by atoms with E-state index >= 15 is 0 Å². The number of nitrogens with one attached hydrogen (secondary N) is 1. The van der Waals surface area contributed by atoms with Gasteiger partial charge in [0, 0.05) is 0 Å². The lowest BCUT2D eigenvalue weighted by molar-refractivity contribution is 0.323. The monoisotopic (exact) mass is 204 g/mol. The lowest BCUT2D eigenvalue weighted by Gasteiger charge is -2.15. The van der Waals surface area contributed by atoms with Crippen molar-refractivity contribution in [3.8, 4) is 0 Å². The van der Waals surface area contributed by atoms with Crippen LogP contribution in [0.5, 0.6) is 0 Å². The topological polar surface area (TPSA) is 15.3 Å². The fourth-order valence-electron chi connectivity index (χ4n) is 1.27. The summed E-state index contributed by atoms with van der Waals surface area (Å²) in [5, 5.41) is 3.17. The van der Waals surface area contributed by atoms with Crippen LogP contribution in [0.15, 0.2) is 0 Å². The smallest absolute Gasteiger partial charge is 0.000969 e. The van der Waals surface area contributed by atoms with Gasteiger partial charge in [-0.05, 0) is 65.0 Å². The minimum Gasteiger partial charge on any atom is -0.320 e. The van der Waals surface area contributed by atoms with Crippen LogP contribution in [-0.4, -0.2) is 50.6 Å². The molecular formula is C10H24N2S. The van der Waals surface area contributed by atoms with Gasteiger partial charge in [-0.15, -0.1) is 0 Å². The van der Waals surface area contributed by atoms with E-state index in [1.54, 1.807) is 0 Å². The first kappa shape index (κ1) is 13.3. The molecular weight excluding hydrogens is 180 g/mol. The second kappa shape index (κ2) is 10.4. The highest BCUT2D eigenvalue weighted by atomic mass is 32.2. The van der Waals surface area contributed by atoms with Gasteiger partial charge in [-0.2, -0.15) is 11.8 Å². The number of thioether (sulfide) groups is 1. The Labute approximate surface area is 87.5 Å². The molecule has 0 bridgehead atoms.